The lowest BCUT2D eigenvalue weighted by Gasteiger charge is -2.15. The fraction of sp³-hybridized carbons (Fsp3) is 0.417. The number of amides is 1. The molecule has 0 aliphatic carbocycles. The quantitative estimate of drug-likeness (QED) is 0.781. The predicted octanol–water partition coefficient (Wildman–Crippen LogP) is 0.826. The van der Waals surface area contributed by atoms with Gasteiger partial charge in [0.25, 0.3) is 5.91 Å². The maximum absolute atomic E-state index is 12.1. The van der Waals surface area contributed by atoms with Crippen molar-refractivity contribution in [2.45, 2.75) is 19.1 Å². The van der Waals surface area contributed by atoms with Crippen LogP contribution in [0.15, 0.2) is 18.2 Å². The Hall–Kier alpha value is -1.10. The topological polar surface area (TPSA) is 60.8 Å². The number of nitrogens with zero attached hydrogens (tertiary/aromatic N) is 1. The molecule has 0 spiro atoms. The molecular weight excluding hydrogens is 242 g/mol. The maximum atomic E-state index is 12.1. The Morgan fingerprint density at radius 2 is 1.94 bits per heavy atom. The molecule has 1 fully saturated rings. The number of hydrogen-bond acceptors (Lipinski definition) is 3. The number of aryl methyl sites for hydroxylation is 1. The van der Waals surface area contributed by atoms with Crippen molar-refractivity contribution in [3.05, 3.63) is 34.3 Å². The van der Waals surface area contributed by atoms with Gasteiger partial charge in [0, 0.05) is 23.7 Å². The van der Waals surface area contributed by atoms with Crippen molar-refractivity contribution in [3.63, 3.8) is 0 Å². The molecular formula is C12H14ClNO3. The molecule has 1 amide bonds. The minimum Gasteiger partial charge on any atom is -0.388 e. The number of carbonyl (C=O) groups is 1. The first-order valence-corrected chi connectivity index (χ1v) is 5.78. The molecule has 1 aliphatic rings. The highest BCUT2D eigenvalue weighted by Crippen LogP contribution is 2.19. The van der Waals surface area contributed by atoms with Crippen LogP contribution in [0.25, 0.3) is 0 Å². The number of β-amino-alcohol motifs (C(OH)–C–C–N with tert-alkyl or cyclic N) is 2. The van der Waals surface area contributed by atoms with Gasteiger partial charge in [-0.15, -0.1) is 0 Å². The van der Waals surface area contributed by atoms with E-state index in [0.717, 1.165) is 5.56 Å². The van der Waals surface area contributed by atoms with Crippen LogP contribution in [0.5, 0.6) is 0 Å². The molecule has 1 aromatic rings. The highest BCUT2D eigenvalue weighted by Gasteiger charge is 2.32. The third-order valence-corrected chi connectivity index (χ3v) is 3.38. The zero-order chi connectivity index (χ0) is 12.6. The van der Waals surface area contributed by atoms with Crippen LogP contribution in [-0.4, -0.2) is 46.3 Å². The zero-order valence-electron chi connectivity index (χ0n) is 9.43. The Bertz CT molecular complexity index is 439. The smallest absolute Gasteiger partial charge is 0.254 e. The Kier molecular flexibility index (Phi) is 3.38. The van der Waals surface area contributed by atoms with Crippen molar-refractivity contribution in [2.24, 2.45) is 0 Å². The lowest BCUT2D eigenvalue weighted by molar-refractivity contribution is 0.0572. The van der Waals surface area contributed by atoms with E-state index in [1.54, 1.807) is 18.2 Å². The molecule has 2 N–H and O–H groups in total. The van der Waals surface area contributed by atoms with Crippen LogP contribution in [0.4, 0.5) is 0 Å². The second kappa shape index (κ2) is 4.64. The van der Waals surface area contributed by atoms with Crippen LogP contribution in [0, 0.1) is 6.92 Å². The van der Waals surface area contributed by atoms with Gasteiger partial charge >= 0.3 is 0 Å². The van der Waals surface area contributed by atoms with E-state index in [2.05, 4.69) is 0 Å². The lowest BCUT2D eigenvalue weighted by atomic mass is 10.1. The Labute approximate surface area is 104 Å². The summed E-state index contributed by atoms with van der Waals surface area (Å²) in [6.45, 7) is 2.16. The molecule has 2 rings (SSSR count). The van der Waals surface area contributed by atoms with E-state index in [1.165, 1.54) is 4.90 Å². The number of likely N-dealkylation sites (tertiary alicyclic amines) is 1. The average molecular weight is 256 g/mol. The number of hydrogen-bond donors (Lipinski definition) is 2. The highest BCUT2D eigenvalue weighted by atomic mass is 35.5. The molecule has 2 atom stereocenters. The fourth-order valence-corrected chi connectivity index (χ4v) is 2.01. The van der Waals surface area contributed by atoms with Gasteiger partial charge in [-0.25, -0.2) is 0 Å². The summed E-state index contributed by atoms with van der Waals surface area (Å²) in [6.07, 6.45) is -1.71. The normalized spacial score (nSPS) is 24.1. The highest BCUT2D eigenvalue weighted by molar-refractivity contribution is 6.31. The van der Waals surface area contributed by atoms with Gasteiger partial charge in [0.2, 0.25) is 0 Å². The number of rotatable bonds is 1. The molecule has 0 bridgehead atoms. The molecule has 92 valence electrons. The molecule has 0 aromatic heterocycles. The number of halogens is 1. The first-order valence-electron chi connectivity index (χ1n) is 5.40. The van der Waals surface area contributed by atoms with Crippen molar-refractivity contribution in [1.82, 2.24) is 4.90 Å². The minimum atomic E-state index is -0.854. The average Bonchev–Trinajstić information content (AvgIpc) is 2.62. The summed E-state index contributed by atoms with van der Waals surface area (Å²) in [7, 11) is 0. The SMILES string of the molecule is Cc1cc(C(=O)N2C[C@@H](O)[C@@H](O)C2)ccc1Cl. The first kappa shape index (κ1) is 12.4. The summed E-state index contributed by atoms with van der Waals surface area (Å²) < 4.78 is 0. The summed E-state index contributed by atoms with van der Waals surface area (Å²) in [5, 5.41) is 19.4. The van der Waals surface area contributed by atoms with E-state index >= 15 is 0 Å². The van der Waals surface area contributed by atoms with Crippen LogP contribution in [0.1, 0.15) is 15.9 Å². The van der Waals surface area contributed by atoms with E-state index in [4.69, 9.17) is 11.6 Å². The van der Waals surface area contributed by atoms with Crippen molar-refractivity contribution in [2.75, 3.05) is 13.1 Å². The third kappa shape index (κ3) is 2.44. The molecule has 17 heavy (non-hydrogen) atoms. The van der Waals surface area contributed by atoms with Crippen LogP contribution in [0.3, 0.4) is 0 Å². The molecule has 0 radical (unpaired) electrons. The second-order valence-electron chi connectivity index (χ2n) is 4.31. The van der Waals surface area contributed by atoms with Gasteiger partial charge in [-0.05, 0) is 30.7 Å². The molecule has 0 unspecified atom stereocenters. The zero-order valence-corrected chi connectivity index (χ0v) is 10.2. The second-order valence-corrected chi connectivity index (χ2v) is 4.72. The summed E-state index contributed by atoms with van der Waals surface area (Å²) in [4.78, 5) is 13.5. The number of benzene rings is 1. The largest absolute Gasteiger partial charge is 0.388 e. The van der Waals surface area contributed by atoms with Gasteiger partial charge in [0.15, 0.2) is 0 Å². The van der Waals surface area contributed by atoms with Gasteiger partial charge in [0.1, 0.15) is 0 Å². The van der Waals surface area contributed by atoms with Crippen molar-refractivity contribution >= 4 is 17.5 Å². The molecule has 1 heterocycles. The van der Waals surface area contributed by atoms with Gasteiger partial charge < -0.3 is 15.1 Å². The van der Waals surface area contributed by atoms with Crippen LogP contribution < -0.4 is 0 Å². The number of aliphatic hydroxyl groups excluding tert-OH is 2. The Balaban J connectivity index is 2.17. The van der Waals surface area contributed by atoms with E-state index in [1.807, 2.05) is 6.92 Å². The van der Waals surface area contributed by atoms with Crippen molar-refractivity contribution < 1.29 is 15.0 Å². The summed E-state index contributed by atoms with van der Waals surface area (Å²) in [5.41, 5.74) is 1.35. The fourth-order valence-electron chi connectivity index (χ4n) is 1.90. The summed E-state index contributed by atoms with van der Waals surface area (Å²) in [5.74, 6) is -0.194. The Morgan fingerprint density at radius 3 is 2.47 bits per heavy atom. The molecule has 1 saturated heterocycles. The minimum absolute atomic E-state index is 0.168. The summed E-state index contributed by atoms with van der Waals surface area (Å²) in [6, 6.07) is 5.03. The molecule has 1 aromatic carbocycles. The number of aliphatic hydroxyl groups is 2. The van der Waals surface area contributed by atoms with Crippen LogP contribution >= 0.6 is 11.6 Å². The Morgan fingerprint density at radius 1 is 1.35 bits per heavy atom. The van der Waals surface area contributed by atoms with Crippen molar-refractivity contribution in [3.8, 4) is 0 Å². The monoisotopic (exact) mass is 255 g/mol. The van der Waals surface area contributed by atoms with E-state index in [-0.39, 0.29) is 19.0 Å². The standard InChI is InChI=1S/C12H14ClNO3/c1-7-4-8(2-3-9(7)13)12(17)14-5-10(15)11(16)6-14/h2-4,10-11,15-16H,5-6H2,1H3/t10-,11+. The van der Waals surface area contributed by atoms with Crippen LogP contribution in [0.2, 0.25) is 5.02 Å². The lowest BCUT2D eigenvalue weighted by Crippen LogP contribution is -2.29. The maximum Gasteiger partial charge on any atom is 0.254 e. The van der Waals surface area contributed by atoms with Gasteiger partial charge in [-0.2, -0.15) is 0 Å². The summed E-state index contributed by atoms with van der Waals surface area (Å²) >= 11 is 5.89. The molecule has 4 nitrogen and oxygen atoms in total. The van der Waals surface area contributed by atoms with E-state index in [9.17, 15) is 15.0 Å². The van der Waals surface area contributed by atoms with E-state index in [0.29, 0.717) is 10.6 Å². The van der Waals surface area contributed by atoms with E-state index < -0.39 is 12.2 Å². The van der Waals surface area contributed by atoms with Crippen molar-refractivity contribution in [1.29, 1.82) is 0 Å². The number of carbonyl (C=O) groups excluding carboxylic acids is 1. The van der Waals surface area contributed by atoms with Crippen LogP contribution in [-0.2, 0) is 0 Å². The molecule has 0 saturated carbocycles. The predicted molar refractivity (Wildman–Crippen MR) is 64.1 cm³/mol. The van der Waals surface area contributed by atoms with Gasteiger partial charge in [-0.3, -0.25) is 4.79 Å². The third-order valence-electron chi connectivity index (χ3n) is 2.95. The van der Waals surface area contributed by atoms with Gasteiger partial charge in [-0.1, -0.05) is 11.6 Å². The first-order chi connectivity index (χ1) is 7.99. The molecule has 5 heteroatoms. The van der Waals surface area contributed by atoms with Gasteiger partial charge in [0.05, 0.1) is 12.2 Å². The molecule has 1 aliphatic heterocycles.